The van der Waals surface area contributed by atoms with Crippen LogP contribution in [0, 0.1) is 0 Å². The summed E-state index contributed by atoms with van der Waals surface area (Å²) in [7, 11) is 0. The summed E-state index contributed by atoms with van der Waals surface area (Å²) >= 11 is 0. The Balaban J connectivity index is 2.34. The highest BCUT2D eigenvalue weighted by molar-refractivity contribution is 5.52. The molecule has 0 amide bonds. The van der Waals surface area contributed by atoms with E-state index in [0.29, 0.717) is 11.7 Å². The average molecular weight is 188 g/mol. The van der Waals surface area contributed by atoms with Gasteiger partial charge in [0.15, 0.2) is 0 Å². The van der Waals surface area contributed by atoms with Crippen molar-refractivity contribution in [2.45, 2.75) is 6.92 Å². The molecule has 0 bridgehead atoms. The second-order valence-electron chi connectivity index (χ2n) is 2.58. The monoisotopic (exact) mass is 188 g/mol. The van der Waals surface area contributed by atoms with Gasteiger partial charge in [0.2, 0.25) is 5.82 Å². The van der Waals surface area contributed by atoms with Gasteiger partial charge < -0.3 is 4.52 Å². The smallest absolute Gasteiger partial charge is 0.250 e. The van der Waals surface area contributed by atoms with Crippen molar-refractivity contribution in [2.75, 3.05) is 0 Å². The van der Waals surface area contributed by atoms with Crippen LogP contribution >= 0.6 is 0 Å². The number of hydrogen-bond donors (Lipinski definition) is 0. The van der Waals surface area contributed by atoms with Crippen LogP contribution in [0.15, 0.2) is 29.3 Å². The van der Waals surface area contributed by atoms with Gasteiger partial charge in [-0.25, -0.2) is 9.97 Å². The van der Waals surface area contributed by atoms with Crippen molar-refractivity contribution in [1.29, 1.82) is 0 Å². The van der Waals surface area contributed by atoms with E-state index in [-0.39, 0.29) is 0 Å². The molecule has 0 spiro atoms. The zero-order valence-electron chi connectivity index (χ0n) is 7.58. The van der Waals surface area contributed by atoms with Gasteiger partial charge in [0.25, 0.3) is 5.89 Å². The van der Waals surface area contributed by atoms with Gasteiger partial charge in [0, 0.05) is 12.4 Å². The number of hydrogen-bond acceptors (Lipinski definition) is 5. The fraction of sp³-hybridized carbons (Fsp3) is 0.111. The van der Waals surface area contributed by atoms with Crippen LogP contribution in [0.25, 0.3) is 17.5 Å². The molecule has 2 aromatic rings. The second kappa shape index (κ2) is 3.78. The SMILES string of the molecule is CC=Cc1nc(-c2cncnc2)no1. The van der Waals surface area contributed by atoms with E-state index in [1.165, 1.54) is 6.33 Å². The minimum absolute atomic E-state index is 0.478. The van der Waals surface area contributed by atoms with Crippen molar-refractivity contribution < 1.29 is 4.52 Å². The third-order valence-electron chi connectivity index (χ3n) is 1.57. The van der Waals surface area contributed by atoms with E-state index in [1.54, 1.807) is 18.5 Å². The Hall–Kier alpha value is -2.04. The molecule has 70 valence electrons. The van der Waals surface area contributed by atoms with Gasteiger partial charge in [-0.1, -0.05) is 11.2 Å². The molecule has 0 aromatic carbocycles. The maximum absolute atomic E-state index is 4.96. The summed E-state index contributed by atoms with van der Waals surface area (Å²) in [5, 5.41) is 3.79. The topological polar surface area (TPSA) is 64.7 Å². The molecule has 0 aliphatic carbocycles. The van der Waals surface area contributed by atoms with Crippen molar-refractivity contribution >= 4 is 6.08 Å². The summed E-state index contributed by atoms with van der Waals surface area (Å²) in [4.78, 5) is 11.9. The number of rotatable bonds is 2. The average Bonchev–Trinajstić information content (AvgIpc) is 2.68. The Labute approximate surface area is 80.5 Å². The molecule has 0 radical (unpaired) electrons. The molecule has 0 saturated carbocycles. The number of allylic oxidation sites excluding steroid dienone is 1. The predicted molar refractivity (Wildman–Crippen MR) is 50.0 cm³/mol. The van der Waals surface area contributed by atoms with Crippen LogP contribution in [0.4, 0.5) is 0 Å². The van der Waals surface area contributed by atoms with Crippen molar-refractivity contribution in [3.8, 4) is 11.4 Å². The lowest BCUT2D eigenvalue weighted by atomic mass is 10.3. The van der Waals surface area contributed by atoms with E-state index in [0.717, 1.165) is 5.56 Å². The van der Waals surface area contributed by atoms with Crippen LogP contribution in [0.3, 0.4) is 0 Å². The molecule has 5 heteroatoms. The molecular weight excluding hydrogens is 180 g/mol. The maximum Gasteiger partial charge on any atom is 0.250 e. The van der Waals surface area contributed by atoms with Crippen molar-refractivity contribution in [2.24, 2.45) is 0 Å². The Morgan fingerprint density at radius 3 is 2.79 bits per heavy atom. The Kier molecular flexibility index (Phi) is 2.31. The van der Waals surface area contributed by atoms with Gasteiger partial charge in [0.1, 0.15) is 6.33 Å². The minimum atomic E-state index is 0.478. The molecule has 5 nitrogen and oxygen atoms in total. The fourth-order valence-corrected chi connectivity index (χ4v) is 0.977. The van der Waals surface area contributed by atoms with Gasteiger partial charge >= 0.3 is 0 Å². The van der Waals surface area contributed by atoms with Crippen LogP contribution in [0.5, 0.6) is 0 Å². The maximum atomic E-state index is 4.96. The zero-order chi connectivity index (χ0) is 9.80. The van der Waals surface area contributed by atoms with E-state index < -0.39 is 0 Å². The summed E-state index contributed by atoms with van der Waals surface area (Å²) in [6, 6.07) is 0. The zero-order valence-corrected chi connectivity index (χ0v) is 7.58. The van der Waals surface area contributed by atoms with Crippen molar-refractivity contribution in [1.82, 2.24) is 20.1 Å². The molecular formula is C9H8N4O. The van der Waals surface area contributed by atoms with E-state index in [4.69, 9.17) is 4.52 Å². The summed E-state index contributed by atoms with van der Waals surface area (Å²) in [6.07, 6.45) is 8.30. The number of nitrogens with zero attached hydrogens (tertiary/aromatic N) is 4. The summed E-state index contributed by atoms with van der Waals surface area (Å²) < 4.78 is 4.96. The largest absolute Gasteiger partial charge is 0.334 e. The van der Waals surface area contributed by atoms with E-state index in [9.17, 15) is 0 Å². The first-order valence-electron chi connectivity index (χ1n) is 4.12. The van der Waals surface area contributed by atoms with Crippen LogP contribution in [0.1, 0.15) is 12.8 Å². The van der Waals surface area contributed by atoms with E-state index in [2.05, 4.69) is 20.1 Å². The molecule has 2 heterocycles. The molecule has 0 atom stereocenters. The third kappa shape index (κ3) is 1.66. The molecule has 0 N–H and O–H groups in total. The van der Waals surface area contributed by atoms with Crippen molar-refractivity contribution in [3.05, 3.63) is 30.7 Å². The fourth-order valence-electron chi connectivity index (χ4n) is 0.977. The molecule has 2 aromatic heterocycles. The third-order valence-corrected chi connectivity index (χ3v) is 1.57. The highest BCUT2D eigenvalue weighted by Crippen LogP contribution is 2.12. The van der Waals surface area contributed by atoms with Crippen LogP contribution in [-0.4, -0.2) is 20.1 Å². The lowest BCUT2D eigenvalue weighted by molar-refractivity contribution is 0.411. The molecule has 0 saturated heterocycles. The predicted octanol–water partition coefficient (Wildman–Crippen LogP) is 1.56. The van der Waals surface area contributed by atoms with Crippen LogP contribution < -0.4 is 0 Å². The first-order valence-corrected chi connectivity index (χ1v) is 4.12. The van der Waals surface area contributed by atoms with Gasteiger partial charge in [-0.3, -0.25) is 0 Å². The number of aromatic nitrogens is 4. The highest BCUT2D eigenvalue weighted by Gasteiger charge is 2.05. The molecule has 2 rings (SSSR count). The van der Waals surface area contributed by atoms with E-state index in [1.807, 2.05) is 13.0 Å². The summed E-state index contributed by atoms with van der Waals surface area (Å²) in [6.45, 7) is 1.88. The van der Waals surface area contributed by atoms with Gasteiger partial charge in [-0.05, 0) is 13.0 Å². The Bertz CT molecular complexity index is 435. The lowest BCUT2D eigenvalue weighted by Gasteiger charge is -1.88. The molecule has 0 unspecified atom stereocenters. The van der Waals surface area contributed by atoms with E-state index >= 15 is 0 Å². The standard InChI is InChI=1S/C9H8N4O/c1-2-3-8-12-9(13-14-8)7-4-10-6-11-5-7/h2-6H,1H3. The van der Waals surface area contributed by atoms with Gasteiger partial charge in [0.05, 0.1) is 5.56 Å². The van der Waals surface area contributed by atoms with Gasteiger partial charge in [-0.15, -0.1) is 0 Å². The van der Waals surface area contributed by atoms with Crippen LogP contribution in [0.2, 0.25) is 0 Å². The molecule has 0 aliphatic heterocycles. The first-order chi connectivity index (χ1) is 6.90. The second-order valence-corrected chi connectivity index (χ2v) is 2.58. The quantitative estimate of drug-likeness (QED) is 0.715. The lowest BCUT2D eigenvalue weighted by Crippen LogP contribution is -1.83. The molecule has 0 fully saturated rings. The Morgan fingerprint density at radius 2 is 2.07 bits per heavy atom. The molecule has 0 aliphatic rings. The van der Waals surface area contributed by atoms with Gasteiger partial charge in [-0.2, -0.15) is 4.98 Å². The van der Waals surface area contributed by atoms with Crippen molar-refractivity contribution in [3.63, 3.8) is 0 Å². The highest BCUT2D eigenvalue weighted by atomic mass is 16.5. The molecule has 14 heavy (non-hydrogen) atoms. The Morgan fingerprint density at radius 1 is 1.29 bits per heavy atom. The summed E-state index contributed by atoms with van der Waals surface area (Å²) in [5.74, 6) is 0.977. The normalized spacial score (nSPS) is 10.9. The minimum Gasteiger partial charge on any atom is -0.334 e. The summed E-state index contributed by atoms with van der Waals surface area (Å²) in [5.41, 5.74) is 0.743. The van der Waals surface area contributed by atoms with Crippen LogP contribution in [-0.2, 0) is 0 Å². The first kappa shape index (κ1) is 8.55.